The van der Waals surface area contributed by atoms with Gasteiger partial charge in [0, 0.05) is 43.7 Å². The second-order valence-corrected chi connectivity index (χ2v) is 6.52. The first-order chi connectivity index (χ1) is 11.2. The zero-order chi connectivity index (χ0) is 16.5. The van der Waals surface area contributed by atoms with Crippen molar-refractivity contribution in [2.75, 3.05) is 40.5 Å². The summed E-state index contributed by atoms with van der Waals surface area (Å²) in [5.41, 5.74) is 1.38. The average molecular weight is 512 g/mol. The van der Waals surface area contributed by atoms with Crippen molar-refractivity contribution >= 4 is 45.9 Å². The standard InChI is InChI=1S/C17H26BrN3O2.HI/c1-19-17(20-8-3-9-23-11-10-22-2)21-16-12-15(16)13-4-6-14(18)7-5-13;/h4-7,15-16H,3,8-12H2,1-2H3,(H2,19,20,21);1H. The number of methoxy groups -OCH3 is 1. The van der Waals surface area contributed by atoms with E-state index in [2.05, 4.69) is 55.8 Å². The van der Waals surface area contributed by atoms with Gasteiger partial charge in [0.25, 0.3) is 0 Å². The van der Waals surface area contributed by atoms with Crippen LogP contribution in [0.4, 0.5) is 0 Å². The van der Waals surface area contributed by atoms with E-state index in [0.29, 0.717) is 25.2 Å². The van der Waals surface area contributed by atoms with Gasteiger partial charge in [-0.1, -0.05) is 28.1 Å². The highest BCUT2D eigenvalue weighted by Crippen LogP contribution is 2.40. The molecular weight excluding hydrogens is 485 g/mol. The summed E-state index contributed by atoms with van der Waals surface area (Å²) in [7, 11) is 3.49. The SMILES string of the molecule is CN=C(NCCCOCCOC)NC1CC1c1ccc(Br)cc1.I. The molecule has 0 bridgehead atoms. The molecule has 2 unspecified atom stereocenters. The van der Waals surface area contributed by atoms with E-state index in [1.165, 1.54) is 5.56 Å². The van der Waals surface area contributed by atoms with Gasteiger partial charge in [0.2, 0.25) is 0 Å². The molecule has 0 aromatic heterocycles. The molecule has 2 atom stereocenters. The lowest BCUT2D eigenvalue weighted by molar-refractivity contribution is 0.0698. The van der Waals surface area contributed by atoms with E-state index in [4.69, 9.17) is 9.47 Å². The summed E-state index contributed by atoms with van der Waals surface area (Å²) >= 11 is 3.47. The number of ether oxygens (including phenoxy) is 2. The maximum atomic E-state index is 5.44. The first kappa shape index (κ1) is 21.7. The Hall–Kier alpha value is -0.380. The zero-order valence-electron chi connectivity index (χ0n) is 14.3. The van der Waals surface area contributed by atoms with Gasteiger partial charge in [0.05, 0.1) is 13.2 Å². The number of halogens is 2. The van der Waals surface area contributed by atoms with Gasteiger partial charge in [0.15, 0.2) is 5.96 Å². The van der Waals surface area contributed by atoms with E-state index in [1.54, 1.807) is 14.2 Å². The molecular formula is C17H27BrIN3O2. The second-order valence-electron chi connectivity index (χ2n) is 5.60. The summed E-state index contributed by atoms with van der Waals surface area (Å²) in [4.78, 5) is 4.28. The number of hydrogen-bond acceptors (Lipinski definition) is 3. The Bertz CT molecular complexity index is 499. The van der Waals surface area contributed by atoms with Gasteiger partial charge < -0.3 is 20.1 Å². The Morgan fingerprint density at radius 2 is 2.00 bits per heavy atom. The quantitative estimate of drug-likeness (QED) is 0.231. The number of nitrogens with zero attached hydrogens (tertiary/aromatic N) is 1. The minimum absolute atomic E-state index is 0. The lowest BCUT2D eigenvalue weighted by Gasteiger charge is -2.12. The molecule has 0 heterocycles. The van der Waals surface area contributed by atoms with E-state index in [1.807, 2.05) is 0 Å². The molecule has 0 aliphatic heterocycles. The summed E-state index contributed by atoms with van der Waals surface area (Å²) < 4.78 is 11.5. The molecule has 0 amide bonds. The van der Waals surface area contributed by atoms with Gasteiger partial charge in [-0.15, -0.1) is 24.0 Å². The average Bonchev–Trinajstić information content (AvgIpc) is 3.32. The predicted octanol–water partition coefficient (Wildman–Crippen LogP) is 3.14. The molecule has 136 valence electrons. The van der Waals surface area contributed by atoms with Crippen molar-refractivity contribution in [2.24, 2.45) is 4.99 Å². The van der Waals surface area contributed by atoms with Crippen LogP contribution in [0, 0.1) is 0 Å². The number of aliphatic imine (C=N–C) groups is 1. The van der Waals surface area contributed by atoms with Crippen LogP contribution >= 0.6 is 39.9 Å². The van der Waals surface area contributed by atoms with Gasteiger partial charge in [-0.2, -0.15) is 0 Å². The van der Waals surface area contributed by atoms with Gasteiger partial charge in [0.1, 0.15) is 0 Å². The minimum Gasteiger partial charge on any atom is -0.382 e. The van der Waals surface area contributed by atoms with Crippen molar-refractivity contribution < 1.29 is 9.47 Å². The molecule has 1 saturated carbocycles. The highest BCUT2D eigenvalue weighted by atomic mass is 127. The molecule has 1 aromatic carbocycles. The molecule has 7 heteroatoms. The normalized spacial score (nSPS) is 19.5. The monoisotopic (exact) mass is 511 g/mol. The minimum atomic E-state index is 0. The Labute approximate surface area is 170 Å². The smallest absolute Gasteiger partial charge is 0.191 e. The molecule has 1 aliphatic rings. The number of benzene rings is 1. The Kier molecular flexibility index (Phi) is 10.9. The molecule has 1 fully saturated rings. The lowest BCUT2D eigenvalue weighted by Crippen LogP contribution is -2.39. The number of hydrogen-bond donors (Lipinski definition) is 2. The van der Waals surface area contributed by atoms with Crippen molar-refractivity contribution in [3.8, 4) is 0 Å². The summed E-state index contributed by atoms with van der Waals surface area (Å²) in [5.74, 6) is 1.45. The summed E-state index contributed by atoms with van der Waals surface area (Å²) in [6.07, 6.45) is 2.10. The van der Waals surface area contributed by atoms with Crippen LogP contribution in [0.2, 0.25) is 0 Å². The van der Waals surface area contributed by atoms with Crippen LogP contribution in [-0.2, 0) is 9.47 Å². The fraction of sp³-hybridized carbons (Fsp3) is 0.588. The molecule has 24 heavy (non-hydrogen) atoms. The van der Waals surface area contributed by atoms with Gasteiger partial charge in [-0.3, -0.25) is 4.99 Å². The first-order valence-corrected chi connectivity index (χ1v) is 8.83. The van der Waals surface area contributed by atoms with Gasteiger partial charge in [-0.05, 0) is 30.5 Å². The summed E-state index contributed by atoms with van der Waals surface area (Å²) in [5, 5.41) is 6.81. The predicted molar refractivity (Wildman–Crippen MR) is 113 cm³/mol. The molecule has 1 aliphatic carbocycles. The third kappa shape index (κ3) is 7.67. The van der Waals surface area contributed by atoms with Crippen LogP contribution in [0.5, 0.6) is 0 Å². The van der Waals surface area contributed by atoms with E-state index < -0.39 is 0 Å². The van der Waals surface area contributed by atoms with Crippen molar-refractivity contribution in [2.45, 2.75) is 24.8 Å². The lowest BCUT2D eigenvalue weighted by atomic mass is 10.1. The summed E-state index contributed by atoms with van der Waals surface area (Å²) in [6, 6.07) is 9.04. The molecule has 2 rings (SSSR count). The van der Waals surface area contributed by atoms with Crippen molar-refractivity contribution in [3.63, 3.8) is 0 Å². The molecule has 5 nitrogen and oxygen atoms in total. The van der Waals surface area contributed by atoms with E-state index in [-0.39, 0.29) is 24.0 Å². The van der Waals surface area contributed by atoms with Crippen molar-refractivity contribution in [1.82, 2.24) is 10.6 Å². The van der Waals surface area contributed by atoms with Crippen LogP contribution in [0.3, 0.4) is 0 Å². The third-order valence-electron chi connectivity index (χ3n) is 3.82. The summed E-state index contributed by atoms with van der Waals surface area (Å²) in [6.45, 7) is 2.89. The van der Waals surface area contributed by atoms with Gasteiger partial charge >= 0.3 is 0 Å². The van der Waals surface area contributed by atoms with Crippen LogP contribution in [0.15, 0.2) is 33.7 Å². The molecule has 1 aromatic rings. The Morgan fingerprint density at radius 3 is 2.67 bits per heavy atom. The Balaban J connectivity index is 0.00000288. The third-order valence-corrected chi connectivity index (χ3v) is 4.35. The van der Waals surface area contributed by atoms with E-state index >= 15 is 0 Å². The van der Waals surface area contributed by atoms with Gasteiger partial charge in [-0.25, -0.2) is 0 Å². The fourth-order valence-electron chi connectivity index (χ4n) is 2.43. The number of guanidine groups is 1. The van der Waals surface area contributed by atoms with E-state index in [0.717, 1.165) is 36.4 Å². The molecule has 0 radical (unpaired) electrons. The molecule has 0 spiro atoms. The van der Waals surface area contributed by atoms with E-state index in [9.17, 15) is 0 Å². The topological polar surface area (TPSA) is 54.9 Å². The van der Waals surface area contributed by atoms with Crippen LogP contribution in [0.1, 0.15) is 24.3 Å². The number of nitrogens with one attached hydrogen (secondary N) is 2. The Morgan fingerprint density at radius 1 is 1.25 bits per heavy atom. The van der Waals surface area contributed by atoms with Crippen LogP contribution < -0.4 is 10.6 Å². The molecule has 2 N–H and O–H groups in total. The highest BCUT2D eigenvalue weighted by molar-refractivity contribution is 14.0. The first-order valence-electron chi connectivity index (χ1n) is 8.04. The largest absolute Gasteiger partial charge is 0.382 e. The van der Waals surface area contributed by atoms with Crippen LogP contribution in [-0.4, -0.2) is 52.5 Å². The number of rotatable bonds is 9. The van der Waals surface area contributed by atoms with Crippen molar-refractivity contribution in [1.29, 1.82) is 0 Å². The molecule has 0 saturated heterocycles. The maximum absolute atomic E-state index is 5.44. The van der Waals surface area contributed by atoms with Crippen LogP contribution in [0.25, 0.3) is 0 Å². The maximum Gasteiger partial charge on any atom is 0.191 e. The highest BCUT2D eigenvalue weighted by Gasteiger charge is 2.38. The fourth-order valence-corrected chi connectivity index (χ4v) is 2.69. The second kappa shape index (κ2) is 12.1. The zero-order valence-corrected chi connectivity index (χ0v) is 18.2. The van der Waals surface area contributed by atoms with Crippen molar-refractivity contribution in [3.05, 3.63) is 34.3 Å².